The first-order valence-corrected chi connectivity index (χ1v) is 6.40. The number of aryl methyl sites for hydroxylation is 2. The van der Waals surface area contributed by atoms with Crippen LogP contribution < -0.4 is 4.74 Å². The summed E-state index contributed by atoms with van der Waals surface area (Å²) in [7, 11) is 0. The smallest absolute Gasteiger partial charge is 0.343 e. The number of carbonyl (C=O) groups excluding carboxylic acids is 1. The summed E-state index contributed by atoms with van der Waals surface area (Å²) in [5.74, 6) is 0.267. The van der Waals surface area contributed by atoms with E-state index in [1.54, 1.807) is 12.1 Å². The van der Waals surface area contributed by atoms with Gasteiger partial charge in [0.15, 0.2) is 0 Å². The lowest BCUT2D eigenvalue weighted by Crippen LogP contribution is -2.09. The van der Waals surface area contributed by atoms with E-state index in [2.05, 4.69) is 15.9 Å². The molecule has 2 aromatic carbocycles. The Bertz CT molecular complexity index is 574. The Morgan fingerprint density at radius 1 is 1.06 bits per heavy atom. The van der Waals surface area contributed by atoms with Crippen LogP contribution in [0.2, 0.25) is 0 Å². The first-order chi connectivity index (χ1) is 8.56. The third-order valence-corrected chi connectivity index (χ3v) is 3.14. The molecule has 0 fully saturated rings. The summed E-state index contributed by atoms with van der Waals surface area (Å²) in [4.78, 5) is 11.9. The van der Waals surface area contributed by atoms with Crippen LogP contribution in [0, 0.1) is 13.8 Å². The number of benzene rings is 2. The predicted molar refractivity (Wildman–Crippen MR) is 75.0 cm³/mol. The fourth-order valence-electron chi connectivity index (χ4n) is 1.66. The van der Waals surface area contributed by atoms with E-state index in [9.17, 15) is 4.79 Å². The van der Waals surface area contributed by atoms with Crippen LogP contribution in [0.15, 0.2) is 46.9 Å². The maximum atomic E-state index is 11.9. The highest BCUT2D eigenvalue weighted by molar-refractivity contribution is 9.10. The largest absolute Gasteiger partial charge is 0.423 e. The number of esters is 1. The molecule has 0 heterocycles. The summed E-state index contributed by atoms with van der Waals surface area (Å²) in [6.45, 7) is 3.94. The highest BCUT2D eigenvalue weighted by Gasteiger charge is 2.09. The van der Waals surface area contributed by atoms with E-state index in [1.807, 2.05) is 44.2 Å². The van der Waals surface area contributed by atoms with Crippen molar-refractivity contribution in [3.05, 3.63) is 63.6 Å². The second kappa shape index (κ2) is 5.36. The molecule has 0 saturated carbocycles. The second-order valence-electron chi connectivity index (χ2n) is 4.17. The Hall–Kier alpha value is -1.61. The fourth-order valence-corrected chi connectivity index (χ4v) is 1.92. The Balaban J connectivity index is 2.18. The van der Waals surface area contributed by atoms with Crippen molar-refractivity contribution in [2.45, 2.75) is 13.8 Å². The number of halogens is 1. The minimum atomic E-state index is -0.338. The zero-order chi connectivity index (χ0) is 13.1. The molecule has 18 heavy (non-hydrogen) atoms. The lowest BCUT2D eigenvalue weighted by atomic mass is 10.1. The minimum absolute atomic E-state index is 0.338. The van der Waals surface area contributed by atoms with Gasteiger partial charge in [-0.3, -0.25) is 0 Å². The molecule has 0 spiro atoms. The van der Waals surface area contributed by atoms with Crippen molar-refractivity contribution >= 4 is 21.9 Å². The zero-order valence-corrected chi connectivity index (χ0v) is 11.8. The van der Waals surface area contributed by atoms with Gasteiger partial charge < -0.3 is 4.74 Å². The van der Waals surface area contributed by atoms with Crippen LogP contribution in [0.25, 0.3) is 0 Å². The molecule has 0 unspecified atom stereocenters. The topological polar surface area (TPSA) is 26.3 Å². The minimum Gasteiger partial charge on any atom is -0.423 e. The second-order valence-corrected chi connectivity index (χ2v) is 5.08. The molecule has 2 nitrogen and oxygen atoms in total. The molecule has 0 aliphatic heterocycles. The van der Waals surface area contributed by atoms with Crippen molar-refractivity contribution in [2.75, 3.05) is 0 Å². The molecular formula is C15H13BrO2. The molecule has 0 radical (unpaired) electrons. The molecule has 0 aliphatic rings. The number of hydrogen-bond acceptors (Lipinski definition) is 2. The van der Waals surface area contributed by atoms with E-state index in [1.165, 1.54) is 0 Å². The van der Waals surface area contributed by atoms with Crippen molar-refractivity contribution < 1.29 is 9.53 Å². The lowest BCUT2D eigenvalue weighted by Gasteiger charge is -2.08. The van der Waals surface area contributed by atoms with Crippen molar-refractivity contribution in [3.8, 4) is 5.75 Å². The predicted octanol–water partition coefficient (Wildman–Crippen LogP) is 4.29. The molecule has 3 heteroatoms. The Labute approximate surface area is 115 Å². The summed E-state index contributed by atoms with van der Waals surface area (Å²) in [5.41, 5.74) is 2.65. The maximum Gasteiger partial charge on any atom is 0.343 e. The maximum absolute atomic E-state index is 11.9. The zero-order valence-electron chi connectivity index (χ0n) is 10.2. The van der Waals surface area contributed by atoms with E-state index < -0.39 is 0 Å². The molecule has 0 saturated heterocycles. The highest BCUT2D eigenvalue weighted by Crippen LogP contribution is 2.20. The van der Waals surface area contributed by atoms with Crippen molar-refractivity contribution in [2.24, 2.45) is 0 Å². The van der Waals surface area contributed by atoms with Crippen LogP contribution in [0.5, 0.6) is 5.75 Å². The van der Waals surface area contributed by atoms with E-state index in [0.717, 1.165) is 15.6 Å². The quantitative estimate of drug-likeness (QED) is 0.611. The molecular weight excluding hydrogens is 292 g/mol. The number of hydrogen-bond donors (Lipinski definition) is 0. The van der Waals surface area contributed by atoms with Gasteiger partial charge in [0.05, 0.1) is 5.56 Å². The van der Waals surface area contributed by atoms with Crippen LogP contribution in [0.1, 0.15) is 21.5 Å². The summed E-state index contributed by atoms with van der Waals surface area (Å²) >= 11 is 3.33. The van der Waals surface area contributed by atoms with Crippen molar-refractivity contribution in [1.29, 1.82) is 0 Å². The average Bonchev–Trinajstić information content (AvgIpc) is 2.33. The standard InChI is InChI=1S/C15H13BrO2/c1-10-3-8-14(11(2)9-10)18-15(17)12-4-6-13(16)7-5-12/h3-9H,1-2H3. The van der Waals surface area contributed by atoms with Gasteiger partial charge >= 0.3 is 5.97 Å². The lowest BCUT2D eigenvalue weighted by molar-refractivity contribution is 0.0733. The van der Waals surface area contributed by atoms with Gasteiger partial charge in [-0.15, -0.1) is 0 Å². The average molecular weight is 305 g/mol. The monoisotopic (exact) mass is 304 g/mol. The Morgan fingerprint density at radius 2 is 1.72 bits per heavy atom. The molecule has 0 N–H and O–H groups in total. The summed E-state index contributed by atoms with van der Waals surface area (Å²) in [6, 6.07) is 12.8. The van der Waals surface area contributed by atoms with Gasteiger partial charge in [-0.25, -0.2) is 4.79 Å². The molecule has 0 amide bonds. The van der Waals surface area contributed by atoms with Gasteiger partial charge in [0, 0.05) is 4.47 Å². The van der Waals surface area contributed by atoms with Crippen LogP contribution in [-0.2, 0) is 0 Å². The van der Waals surface area contributed by atoms with Crippen LogP contribution in [-0.4, -0.2) is 5.97 Å². The molecule has 2 aromatic rings. The normalized spacial score (nSPS) is 10.2. The third kappa shape index (κ3) is 2.99. The molecule has 0 aromatic heterocycles. The van der Waals surface area contributed by atoms with Gasteiger partial charge in [0.1, 0.15) is 5.75 Å². The van der Waals surface area contributed by atoms with Crippen molar-refractivity contribution in [1.82, 2.24) is 0 Å². The fraction of sp³-hybridized carbons (Fsp3) is 0.133. The summed E-state index contributed by atoms with van der Waals surface area (Å²) < 4.78 is 6.31. The van der Waals surface area contributed by atoms with Gasteiger partial charge in [-0.1, -0.05) is 33.6 Å². The van der Waals surface area contributed by atoms with Crippen molar-refractivity contribution in [3.63, 3.8) is 0 Å². The number of rotatable bonds is 2. The molecule has 2 rings (SSSR count). The van der Waals surface area contributed by atoms with E-state index in [0.29, 0.717) is 11.3 Å². The van der Waals surface area contributed by atoms with E-state index in [-0.39, 0.29) is 5.97 Å². The Kier molecular flexibility index (Phi) is 3.82. The van der Waals surface area contributed by atoms with Gasteiger partial charge in [0.25, 0.3) is 0 Å². The van der Waals surface area contributed by atoms with E-state index >= 15 is 0 Å². The molecule has 92 valence electrons. The van der Waals surface area contributed by atoms with Gasteiger partial charge in [-0.05, 0) is 49.7 Å². The third-order valence-electron chi connectivity index (χ3n) is 2.61. The van der Waals surface area contributed by atoms with Crippen LogP contribution in [0.4, 0.5) is 0 Å². The molecule has 0 atom stereocenters. The van der Waals surface area contributed by atoms with Gasteiger partial charge in [-0.2, -0.15) is 0 Å². The molecule has 0 aliphatic carbocycles. The summed E-state index contributed by atoms with van der Waals surface area (Å²) in [6.07, 6.45) is 0. The summed E-state index contributed by atoms with van der Waals surface area (Å²) in [5, 5.41) is 0. The number of ether oxygens (including phenoxy) is 1. The van der Waals surface area contributed by atoms with Gasteiger partial charge in [0.2, 0.25) is 0 Å². The van der Waals surface area contributed by atoms with Crippen LogP contribution in [0.3, 0.4) is 0 Å². The van der Waals surface area contributed by atoms with E-state index in [4.69, 9.17) is 4.74 Å². The molecule has 0 bridgehead atoms. The van der Waals surface area contributed by atoms with Crippen LogP contribution >= 0.6 is 15.9 Å². The first kappa shape index (κ1) is 12.8. The Morgan fingerprint density at radius 3 is 2.33 bits per heavy atom. The SMILES string of the molecule is Cc1ccc(OC(=O)c2ccc(Br)cc2)c(C)c1. The number of carbonyl (C=O) groups is 1. The highest BCUT2D eigenvalue weighted by atomic mass is 79.9. The first-order valence-electron chi connectivity index (χ1n) is 5.61.